The summed E-state index contributed by atoms with van der Waals surface area (Å²) in [5, 5.41) is 3.31. The van der Waals surface area contributed by atoms with Crippen LogP contribution in [0.25, 0.3) is 0 Å². The van der Waals surface area contributed by atoms with Gasteiger partial charge in [-0.1, -0.05) is 29.8 Å². The first-order chi connectivity index (χ1) is 10.2. The Balaban J connectivity index is 2.14. The lowest BCUT2D eigenvalue weighted by Crippen LogP contribution is -2.13. The molecular weight excluding hydrogens is 308 g/mol. The topological polar surface area (TPSA) is 51.2 Å². The molecule has 1 N–H and O–H groups in total. The van der Waals surface area contributed by atoms with Crippen molar-refractivity contribution in [2.75, 3.05) is 18.2 Å². The lowest BCUT2D eigenvalue weighted by molar-refractivity contribution is -0.113. The third kappa shape index (κ3) is 2.84. The highest BCUT2D eigenvalue weighted by Crippen LogP contribution is 2.44. The van der Waals surface area contributed by atoms with Crippen molar-refractivity contribution < 1.29 is 9.53 Å². The summed E-state index contributed by atoms with van der Waals surface area (Å²) in [6.45, 7) is 0. The number of anilines is 1. The number of nitrogens with one attached hydrogen (secondary N) is 1. The second-order valence-electron chi connectivity index (χ2n) is 4.57. The number of rotatable bonds is 2. The molecule has 2 heterocycles. The van der Waals surface area contributed by atoms with Gasteiger partial charge in [0.05, 0.1) is 23.1 Å². The molecule has 1 aromatic carbocycles. The molecule has 0 radical (unpaired) electrons. The summed E-state index contributed by atoms with van der Waals surface area (Å²) in [6.07, 6.45) is 1.54. The number of pyridine rings is 1. The van der Waals surface area contributed by atoms with Crippen molar-refractivity contribution in [3.8, 4) is 5.75 Å². The molecule has 0 saturated carbocycles. The SMILES string of the molecule is COc1ccccc1C1SCC(=O)Nc2ncc(Cl)cc21. The van der Waals surface area contributed by atoms with Crippen LogP contribution < -0.4 is 10.1 Å². The Morgan fingerprint density at radius 3 is 3.00 bits per heavy atom. The first kappa shape index (κ1) is 14.2. The van der Waals surface area contributed by atoms with Crippen LogP contribution in [0.5, 0.6) is 5.75 Å². The van der Waals surface area contributed by atoms with E-state index < -0.39 is 0 Å². The number of nitrogens with zero attached hydrogens (tertiary/aromatic N) is 1. The van der Waals surface area contributed by atoms with E-state index in [1.54, 1.807) is 7.11 Å². The highest BCUT2D eigenvalue weighted by molar-refractivity contribution is 8.00. The van der Waals surface area contributed by atoms with Gasteiger partial charge < -0.3 is 10.1 Å². The van der Waals surface area contributed by atoms with E-state index in [1.165, 1.54) is 18.0 Å². The van der Waals surface area contributed by atoms with E-state index in [4.69, 9.17) is 16.3 Å². The van der Waals surface area contributed by atoms with Gasteiger partial charge in [0.2, 0.25) is 5.91 Å². The van der Waals surface area contributed by atoms with Gasteiger partial charge in [0, 0.05) is 17.3 Å². The maximum absolute atomic E-state index is 11.8. The monoisotopic (exact) mass is 320 g/mol. The quantitative estimate of drug-likeness (QED) is 0.920. The molecule has 1 unspecified atom stereocenters. The number of methoxy groups -OCH3 is 1. The van der Waals surface area contributed by atoms with Crippen LogP contribution in [0.3, 0.4) is 0 Å². The van der Waals surface area contributed by atoms with Crippen molar-refractivity contribution in [3.05, 3.63) is 52.7 Å². The van der Waals surface area contributed by atoms with Gasteiger partial charge in [0.25, 0.3) is 0 Å². The predicted octanol–water partition coefficient (Wildman–Crippen LogP) is 3.52. The summed E-state index contributed by atoms with van der Waals surface area (Å²) in [6, 6.07) is 9.63. The van der Waals surface area contributed by atoms with Crippen molar-refractivity contribution in [1.29, 1.82) is 0 Å². The highest BCUT2D eigenvalue weighted by atomic mass is 35.5. The van der Waals surface area contributed by atoms with Crippen LogP contribution in [-0.4, -0.2) is 23.8 Å². The van der Waals surface area contributed by atoms with Crippen LogP contribution in [0.4, 0.5) is 5.82 Å². The summed E-state index contributed by atoms with van der Waals surface area (Å²) >= 11 is 7.61. The smallest absolute Gasteiger partial charge is 0.235 e. The van der Waals surface area contributed by atoms with E-state index in [-0.39, 0.29) is 11.2 Å². The number of hydrogen-bond acceptors (Lipinski definition) is 4. The number of carbonyl (C=O) groups is 1. The van der Waals surface area contributed by atoms with Crippen LogP contribution in [-0.2, 0) is 4.79 Å². The minimum Gasteiger partial charge on any atom is -0.496 e. The third-order valence-electron chi connectivity index (χ3n) is 3.23. The van der Waals surface area contributed by atoms with Crippen molar-refractivity contribution >= 4 is 35.1 Å². The molecule has 21 heavy (non-hydrogen) atoms. The number of halogens is 1. The molecule has 108 valence electrons. The van der Waals surface area contributed by atoms with E-state index in [2.05, 4.69) is 10.3 Å². The molecule has 0 fully saturated rings. The van der Waals surface area contributed by atoms with Gasteiger partial charge in [0.15, 0.2) is 0 Å². The zero-order valence-electron chi connectivity index (χ0n) is 11.3. The van der Waals surface area contributed by atoms with E-state index in [0.29, 0.717) is 16.6 Å². The summed E-state index contributed by atoms with van der Waals surface area (Å²) < 4.78 is 5.44. The Kier molecular flexibility index (Phi) is 4.03. The molecule has 1 atom stereocenters. The Morgan fingerprint density at radius 2 is 2.19 bits per heavy atom. The van der Waals surface area contributed by atoms with E-state index in [1.807, 2.05) is 30.3 Å². The molecule has 2 aromatic rings. The number of ether oxygens (including phenoxy) is 1. The molecule has 3 rings (SSSR count). The Hall–Kier alpha value is -1.72. The minimum absolute atomic E-state index is 0.0544. The summed E-state index contributed by atoms with van der Waals surface area (Å²) in [5.41, 5.74) is 1.90. The lowest BCUT2D eigenvalue weighted by atomic mass is 10.0. The summed E-state index contributed by atoms with van der Waals surface area (Å²) in [5.74, 6) is 1.64. The molecule has 1 aromatic heterocycles. The molecule has 0 spiro atoms. The largest absolute Gasteiger partial charge is 0.496 e. The van der Waals surface area contributed by atoms with E-state index in [9.17, 15) is 4.79 Å². The molecule has 4 nitrogen and oxygen atoms in total. The second kappa shape index (κ2) is 5.95. The van der Waals surface area contributed by atoms with Gasteiger partial charge in [-0.05, 0) is 12.1 Å². The number of benzene rings is 1. The zero-order chi connectivity index (χ0) is 14.8. The fourth-order valence-electron chi connectivity index (χ4n) is 2.32. The van der Waals surface area contributed by atoms with Crippen LogP contribution in [0.1, 0.15) is 16.4 Å². The molecule has 1 aliphatic rings. The number of amides is 1. The van der Waals surface area contributed by atoms with Crippen LogP contribution in [0.2, 0.25) is 5.02 Å². The van der Waals surface area contributed by atoms with Gasteiger partial charge >= 0.3 is 0 Å². The maximum atomic E-state index is 11.8. The summed E-state index contributed by atoms with van der Waals surface area (Å²) in [4.78, 5) is 16.1. The van der Waals surface area contributed by atoms with E-state index in [0.717, 1.165) is 16.9 Å². The molecule has 0 saturated heterocycles. The molecule has 6 heteroatoms. The highest BCUT2D eigenvalue weighted by Gasteiger charge is 2.27. The number of fused-ring (bicyclic) bond motifs is 1. The van der Waals surface area contributed by atoms with Gasteiger partial charge in [-0.2, -0.15) is 0 Å². The number of thioether (sulfide) groups is 1. The van der Waals surface area contributed by atoms with Crippen LogP contribution in [0.15, 0.2) is 36.5 Å². The van der Waals surface area contributed by atoms with Crippen LogP contribution >= 0.6 is 23.4 Å². The molecule has 0 bridgehead atoms. The van der Waals surface area contributed by atoms with Gasteiger partial charge in [-0.3, -0.25) is 4.79 Å². The number of aromatic nitrogens is 1. The van der Waals surface area contributed by atoms with Crippen molar-refractivity contribution in [1.82, 2.24) is 4.98 Å². The molecule has 1 aliphatic heterocycles. The average molecular weight is 321 g/mol. The van der Waals surface area contributed by atoms with Crippen LogP contribution in [0, 0.1) is 0 Å². The molecular formula is C15H13ClN2O2S. The number of carbonyl (C=O) groups excluding carboxylic acids is 1. The first-order valence-corrected chi connectivity index (χ1v) is 7.81. The average Bonchev–Trinajstić information content (AvgIpc) is 2.65. The minimum atomic E-state index is -0.0616. The number of hydrogen-bond donors (Lipinski definition) is 1. The lowest BCUT2D eigenvalue weighted by Gasteiger charge is -2.19. The fraction of sp³-hybridized carbons (Fsp3) is 0.200. The van der Waals surface area contributed by atoms with E-state index >= 15 is 0 Å². The number of para-hydroxylation sites is 1. The van der Waals surface area contributed by atoms with Gasteiger partial charge in [0.1, 0.15) is 11.6 Å². The standard InChI is InChI=1S/C15H13ClN2O2S/c1-20-12-5-3-2-4-10(12)14-11-6-9(16)7-17-15(11)18-13(19)8-21-14/h2-7,14H,8H2,1H3,(H,17,18,19). The van der Waals surface area contributed by atoms with Gasteiger partial charge in [-0.15, -0.1) is 11.8 Å². The zero-order valence-corrected chi connectivity index (χ0v) is 12.9. The second-order valence-corrected chi connectivity index (χ2v) is 6.10. The molecule has 1 amide bonds. The predicted molar refractivity (Wildman–Crippen MR) is 85.2 cm³/mol. The normalized spacial score (nSPS) is 17.6. The van der Waals surface area contributed by atoms with Gasteiger partial charge in [-0.25, -0.2) is 4.98 Å². The van der Waals surface area contributed by atoms with Crippen molar-refractivity contribution in [2.24, 2.45) is 0 Å². The van der Waals surface area contributed by atoms with Crippen molar-refractivity contribution in [2.45, 2.75) is 5.25 Å². The third-order valence-corrected chi connectivity index (χ3v) is 4.70. The first-order valence-electron chi connectivity index (χ1n) is 6.39. The van der Waals surface area contributed by atoms with Crippen molar-refractivity contribution in [3.63, 3.8) is 0 Å². The Bertz CT molecular complexity index is 693. The Labute approximate surface area is 131 Å². The molecule has 0 aliphatic carbocycles. The summed E-state index contributed by atoms with van der Waals surface area (Å²) in [7, 11) is 1.64. The maximum Gasteiger partial charge on any atom is 0.235 e. The fourth-order valence-corrected chi connectivity index (χ4v) is 3.61. The Morgan fingerprint density at radius 1 is 1.38 bits per heavy atom.